The van der Waals surface area contributed by atoms with Crippen LogP contribution in [0.2, 0.25) is 0 Å². The molecule has 0 radical (unpaired) electrons. The van der Waals surface area contributed by atoms with Gasteiger partial charge in [-0.25, -0.2) is 13.1 Å². The van der Waals surface area contributed by atoms with Crippen molar-refractivity contribution in [2.45, 2.75) is 13.5 Å². The topological polar surface area (TPSA) is 109 Å². The molecule has 1 N–H and O–H groups in total. The first-order chi connectivity index (χ1) is 6.53. The quantitative estimate of drug-likeness (QED) is 0.714. The number of nitrogens with zero attached hydrogens (tertiary/aromatic N) is 3. The van der Waals surface area contributed by atoms with Gasteiger partial charge in [0.15, 0.2) is 11.6 Å². The van der Waals surface area contributed by atoms with Crippen LogP contribution in [0.5, 0.6) is 0 Å². The van der Waals surface area contributed by atoms with Gasteiger partial charge < -0.3 is 4.52 Å². The second-order valence-electron chi connectivity index (χ2n) is 2.47. The number of nitrogens with one attached hydrogen (secondary N) is 1. The van der Waals surface area contributed by atoms with Crippen molar-refractivity contribution in [2.75, 3.05) is 5.75 Å². The third-order valence-electron chi connectivity index (χ3n) is 1.27. The van der Waals surface area contributed by atoms with E-state index in [1.807, 2.05) is 0 Å². The minimum Gasteiger partial charge on any atom is -0.340 e. The SMILES string of the molecule is Cc1nc(CNS(=O)(=O)CC#N)no1. The number of sulfonamides is 1. The molecule has 0 aliphatic heterocycles. The molecule has 76 valence electrons. The highest BCUT2D eigenvalue weighted by Gasteiger charge is 2.10. The van der Waals surface area contributed by atoms with Crippen molar-refractivity contribution >= 4 is 10.0 Å². The van der Waals surface area contributed by atoms with Crippen LogP contribution in [-0.4, -0.2) is 24.3 Å². The Hall–Kier alpha value is -1.46. The van der Waals surface area contributed by atoms with Gasteiger partial charge in [0.1, 0.15) is 0 Å². The van der Waals surface area contributed by atoms with Crippen molar-refractivity contribution in [3.63, 3.8) is 0 Å². The van der Waals surface area contributed by atoms with E-state index in [1.165, 1.54) is 6.07 Å². The molecule has 0 bridgehead atoms. The highest BCUT2D eigenvalue weighted by atomic mass is 32.2. The molecule has 0 fully saturated rings. The first-order valence-corrected chi connectivity index (χ1v) is 5.32. The van der Waals surface area contributed by atoms with Gasteiger partial charge in [-0.1, -0.05) is 5.16 Å². The number of aryl methyl sites for hydroxylation is 1. The average molecular weight is 216 g/mol. The van der Waals surface area contributed by atoms with Crippen LogP contribution in [0.15, 0.2) is 4.52 Å². The molecule has 8 heteroatoms. The Balaban J connectivity index is 2.54. The van der Waals surface area contributed by atoms with Crippen LogP contribution in [0.4, 0.5) is 0 Å². The molecular weight excluding hydrogens is 208 g/mol. The second kappa shape index (κ2) is 4.17. The fourth-order valence-electron chi connectivity index (χ4n) is 0.724. The third kappa shape index (κ3) is 3.12. The van der Waals surface area contributed by atoms with E-state index in [1.54, 1.807) is 6.92 Å². The highest BCUT2D eigenvalue weighted by molar-refractivity contribution is 7.89. The van der Waals surface area contributed by atoms with Gasteiger partial charge in [0.2, 0.25) is 15.9 Å². The molecule has 1 rings (SSSR count). The van der Waals surface area contributed by atoms with E-state index < -0.39 is 15.8 Å². The first-order valence-electron chi connectivity index (χ1n) is 3.67. The fourth-order valence-corrected chi connectivity index (χ4v) is 1.34. The largest absolute Gasteiger partial charge is 0.340 e. The molecule has 14 heavy (non-hydrogen) atoms. The van der Waals surface area contributed by atoms with Crippen molar-refractivity contribution in [3.8, 4) is 6.07 Å². The highest BCUT2D eigenvalue weighted by Crippen LogP contribution is 1.95. The van der Waals surface area contributed by atoms with Crippen LogP contribution < -0.4 is 4.72 Å². The molecule has 0 unspecified atom stereocenters. The minimum absolute atomic E-state index is 0.0681. The lowest BCUT2D eigenvalue weighted by molar-refractivity contribution is 0.387. The van der Waals surface area contributed by atoms with Crippen molar-refractivity contribution < 1.29 is 12.9 Å². The molecule has 0 saturated heterocycles. The summed E-state index contributed by atoms with van der Waals surface area (Å²) in [7, 11) is -3.55. The van der Waals surface area contributed by atoms with Gasteiger partial charge in [-0.05, 0) is 0 Å². The van der Waals surface area contributed by atoms with Crippen molar-refractivity contribution in [1.82, 2.24) is 14.9 Å². The Morgan fingerprint density at radius 2 is 2.36 bits per heavy atom. The predicted molar refractivity (Wildman–Crippen MR) is 45.3 cm³/mol. The standard InChI is InChI=1S/C6H8N4O3S/c1-5-9-6(10-13-5)4-8-14(11,12)3-2-7/h8H,3-4H2,1H3. The second-order valence-corrected chi connectivity index (χ2v) is 4.27. The molecule has 0 saturated carbocycles. The van der Waals surface area contributed by atoms with E-state index in [-0.39, 0.29) is 12.4 Å². The molecule has 0 aromatic carbocycles. The predicted octanol–water partition coefficient (Wildman–Crippen LogP) is -0.679. The van der Waals surface area contributed by atoms with Crippen LogP contribution in [0, 0.1) is 18.3 Å². The molecule has 1 aromatic heterocycles. The average Bonchev–Trinajstić information content (AvgIpc) is 2.48. The maximum absolute atomic E-state index is 11.0. The summed E-state index contributed by atoms with van der Waals surface area (Å²) in [6.07, 6.45) is 0. The normalized spacial score (nSPS) is 11.1. The summed E-state index contributed by atoms with van der Waals surface area (Å²) in [5.74, 6) is 0.0209. The van der Waals surface area contributed by atoms with Gasteiger partial charge in [0.05, 0.1) is 12.6 Å². The lowest BCUT2D eigenvalue weighted by Crippen LogP contribution is -2.25. The molecule has 1 heterocycles. The van der Waals surface area contributed by atoms with Crippen LogP contribution >= 0.6 is 0 Å². The summed E-state index contributed by atoms with van der Waals surface area (Å²) < 4.78 is 28.8. The summed E-state index contributed by atoms with van der Waals surface area (Å²) in [6.45, 7) is 1.53. The molecule has 0 atom stereocenters. The smallest absolute Gasteiger partial charge is 0.225 e. The van der Waals surface area contributed by atoms with Gasteiger partial charge in [0.25, 0.3) is 0 Å². The van der Waals surface area contributed by atoms with Gasteiger partial charge in [-0.2, -0.15) is 10.2 Å². The van der Waals surface area contributed by atoms with Crippen molar-refractivity contribution in [3.05, 3.63) is 11.7 Å². The third-order valence-corrected chi connectivity index (χ3v) is 2.37. The number of nitriles is 1. The Bertz CT molecular complexity index is 444. The molecule has 7 nitrogen and oxygen atoms in total. The van der Waals surface area contributed by atoms with Crippen molar-refractivity contribution in [1.29, 1.82) is 5.26 Å². The first kappa shape index (κ1) is 10.6. The molecular formula is C6H8N4O3S. The van der Waals surface area contributed by atoms with E-state index in [0.717, 1.165) is 0 Å². The van der Waals surface area contributed by atoms with E-state index in [0.29, 0.717) is 5.89 Å². The van der Waals surface area contributed by atoms with Gasteiger partial charge in [0, 0.05) is 6.92 Å². The summed E-state index contributed by atoms with van der Waals surface area (Å²) in [5, 5.41) is 11.7. The van der Waals surface area contributed by atoms with E-state index >= 15 is 0 Å². The fraction of sp³-hybridized carbons (Fsp3) is 0.500. The zero-order valence-corrected chi connectivity index (χ0v) is 8.21. The maximum atomic E-state index is 11.0. The summed E-state index contributed by atoms with van der Waals surface area (Å²) >= 11 is 0. The molecule has 1 aromatic rings. The monoisotopic (exact) mass is 216 g/mol. The molecule has 0 amide bonds. The van der Waals surface area contributed by atoms with Gasteiger partial charge in [-0.15, -0.1) is 0 Å². The molecule has 0 aliphatic carbocycles. The molecule has 0 spiro atoms. The molecule has 0 aliphatic rings. The zero-order chi connectivity index (χ0) is 10.6. The summed E-state index contributed by atoms with van der Waals surface area (Å²) in [6, 6.07) is 1.53. The Morgan fingerprint density at radius 1 is 1.64 bits per heavy atom. The van der Waals surface area contributed by atoms with E-state index in [2.05, 4.69) is 19.4 Å². The lowest BCUT2D eigenvalue weighted by atomic mass is 10.6. The maximum Gasteiger partial charge on any atom is 0.225 e. The Kier molecular flexibility index (Phi) is 3.16. The Morgan fingerprint density at radius 3 is 2.86 bits per heavy atom. The van der Waals surface area contributed by atoms with Crippen LogP contribution in [0.3, 0.4) is 0 Å². The summed E-state index contributed by atoms with van der Waals surface area (Å²) in [4.78, 5) is 3.79. The van der Waals surface area contributed by atoms with Gasteiger partial charge >= 0.3 is 0 Å². The zero-order valence-electron chi connectivity index (χ0n) is 7.39. The Labute approximate surface area is 80.8 Å². The van der Waals surface area contributed by atoms with E-state index in [9.17, 15) is 8.42 Å². The van der Waals surface area contributed by atoms with Crippen LogP contribution in [-0.2, 0) is 16.6 Å². The number of hydrogen-bond acceptors (Lipinski definition) is 6. The van der Waals surface area contributed by atoms with E-state index in [4.69, 9.17) is 5.26 Å². The number of aromatic nitrogens is 2. The minimum atomic E-state index is -3.55. The summed E-state index contributed by atoms with van der Waals surface area (Å²) in [5.41, 5.74) is 0. The lowest BCUT2D eigenvalue weighted by Gasteiger charge is -1.97. The van der Waals surface area contributed by atoms with Crippen molar-refractivity contribution in [2.24, 2.45) is 0 Å². The van der Waals surface area contributed by atoms with Gasteiger partial charge in [-0.3, -0.25) is 0 Å². The van der Waals surface area contributed by atoms with Crippen LogP contribution in [0.25, 0.3) is 0 Å². The number of hydrogen-bond donors (Lipinski definition) is 1. The number of rotatable bonds is 4. The van der Waals surface area contributed by atoms with Crippen LogP contribution in [0.1, 0.15) is 11.7 Å².